The molecule has 0 aromatic carbocycles. The monoisotopic (exact) mass is 351 g/mol. The minimum atomic E-state index is -0.701. The van der Waals surface area contributed by atoms with Crippen LogP contribution < -0.4 is 12.4 Å². The highest BCUT2D eigenvalue weighted by Gasteiger charge is 2.09. The summed E-state index contributed by atoms with van der Waals surface area (Å²) in [6.07, 6.45) is 9.16. The number of carboxylic acids is 1. The molecule has 0 amide bonds. The molecule has 5 nitrogen and oxygen atoms in total. The topological polar surface area (TPSA) is 63.6 Å². The third-order valence-corrected chi connectivity index (χ3v) is 3.55. The first-order valence-corrected chi connectivity index (χ1v) is 8.49. The number of likely N-dealkylation sites (N-methyl/N-ethyl adjacent to an activating group) is 1. The second-order valence-corrected chi connectivity index (χ2v) is 6.96. The van der Waals surface area contributed by atoms with Gasteiger partial charge in [0, 0.05) is 12.8 Å². The van der Waals surface area contributed by atoms with Gasteiger partial charge in [-0.1, -0.05) is 38.5 Å². The molecule has 0 saturated carbocycles. The van der Waals surface area contributed by atoms with E-state index in [0.29, 0.717) is 13.0 Å². The van der Waals surface area contributed by atoms with E-state index in [1.165, 1.54) is 6.42 Å². The van der Waals surface area contributed by atoms with Crippen LogP contribution in [0.1, 0.15) is 64.2 Å². The lowest BCUT2D eigenvalue weighted by Gasteiger charge is -2.23. The normalized spacial score (nSPS) is 10.9. The Morgan fingerprint density at radius 1 is 0.826 bits per heavy atom. The van der Waals surface area contributed by atoms with Crippen LogP contribution in [0.25, 0.3) is 0 Å². The molecular formula is C17H34ClNO4. The number of nitrogens with zero attached hydrogens (tertiary/aromatic N) is 1. The Morgan fingerprint density at radius 2 is 1.26 bits per heavy atom. The van der Waals surface area contributed by atoms with E-state index in [-0.39, 0.29) is 24.8 Å². The first-order chi connectivity index (χ1) is 10.3. The van der Waals surface area contributed by atoms with Crippen molar-refractivity contribution in [1.29, 1.82) is 0 Å². The van der Waals surface area contributed by atoms with E-state index in [0.717, 1.165) is 56.0 Å². The molecular weight excluding hydrogens is 318 g/mol. The number of halogens is 1. The maximum atomic E-state index is 11.5. The molecule has 6 heteroatoms. The summed E-state index contributed by atoms with van der Waals surface area (Å²) >= 11 is 0. The summed E-state index contributed by atoms with van der Waals surface area (Å²) in [7, 11) is 6.24. The summed E-state index contributed by atoms with van der Waals surface area (Å²) in [5.41, 5.74) is 0. The predicted octanol–water partition coefficient (Wildman–Crippen LogP) is 0.225. The number of carbonyl (C=O) groups excluding carboxylic acids is 1. The van der Waals surface area contributed by atoms with Gasteiger partial charge in [0.1, 0.15) is 13.2 Å². The highest BCUT2D eigenvalue weighted by atomic mass is 35.5. The van der Waals surface area contributed by atoms with Crippen molar-refractivity contribution in [3.05, 3.63) is 0 Å². The molecule has 0 unspecified atom stereocenters. The van der Waals surface area contributed by atoms with Gasteiger partial charge in [-0.2, -0.15) is 0 Å². The molecule has 0 fully saturated rings. The summed E-state index contributed by atoms with van der Waals surface area (Å²) in [4.78, 5) is 21.9. The van der Waals surface area contributed by atoms with Gasteiger partial charge in [0.2, 0.25) is 0 Å². The molecule has 0 aromatic rings. The summed E-state index contributed by atoms with van der Waals surface area (Å²) in [5.74, 6) is -0.782. The van der Waals surface area contributed by atoms with Crippen LogP contribution in [0, 0.1) is 0 Å². The Kier molecular flexibility index (Phi) is 15.7. The maximum absolute atomic E-state index is 11.5. The first-order valence-electron chi connectivity index (χ1n) is 8.49. The van der Waals surface area contributed by atoms with Gasteiger partial charge < -0.3 is 26.7 Å². The molecule has 0 aliphatic carbocycles. The van der Waals surface area contributed by atoms with E-state index >= 15 is 0 Å². The Labute approximate surface area is 147 Å². The number of unbranched alkanes of at least 4 members (excludes halogenated alkanes) is 7. The number of esters is 1. The minimum absolute atomic E-state index is 0. The quantitative estimate of drug-likeness (QED) is 0.276. The van der Waals surface area contributed by atoms with Crippen molar-refractivity contribution in [2.24, 2.45) is 0 Å². The SMILES string of the molecule is C[N+](C)(C)CCOC(=O)CCCCCCCCCCC(=O)O.[Cl-]. The molecule has 0 heterocycles. The summed E-state index contributed by atoms with van der Waals surface area (Å²) < 4.78 is 6.01. The first kappa shape index (κ1) is 24.4. The molecule has 0 aliphatic heterocycles. The average molecular weight is 352 g/mol. The van der Waals surface area contributed by atoms with Crippen molar-refractivity contribution >= 4 is 11.9 Å². The van der Waals surface area contributed by atoms with E-state index in [9.17, 15) is 9.59 Å². The lowest BCUT2D eigenvalue weighted by molar-refractivity contribution is -0.870. The molecule has 0 bridgehead atoms. The molecule has 23 heavy (non-hydrogen) atoms. The Hall–Kier alpha value is -0.810. The zero-order valence-electron chi connectivity index (χ0n) is 15.0. The fraction of sp³-hybridized carbons (Fsp3) is 0.882. The lowest BCUT2D eigenvalue weighted by Crippen LogP contribution is -3.00. The summed E-state index contributed by atoms with van der Waals surface area (Å²) in [6.45, 7) is 1.34. The van der Waals surface area contributed by atoms with Crippen LogP contribution in [0.3, 0.4) is 0 Å². The maximum Gasteiger partial charge on any atom is 0.305 e. The Morgan fingerprint density at radius 3 is 1.70 bits per heavy atom. The van der Waals surface area contributed by atoms with Crippen LogP contribution in [0.15, 0.2) is 0 Å². The minimum Gasteiger partial charge on any atom is -1.00 e. The van der Waals surface area contributed by atoms with Crippen molar-refractivity contribution in [3.8, 4) is 0 Å². The van der Waals surface area contributed by atoms with Crippen molar-refractivity contribution in [2.75, 3.05) is 34.3 Å². The number of quaternary nitrogens is 1. The van der Waals surface area contributed by atoms with Crippen LogP contribution in [0.4, 0.5) is 0 Å². The van der Waals surface area contributed by atoms with Crippen molar-refractivity contribution in [1.82, 2.24) is 0 Å². The van der Waals surface area contributed by atoms with E-state index in [1.54, 1.807) is 0 Å². The largest absolute Gasteiger partial charge is 1.00 e. The molecule has 0 aliphatic rings. The van der Waals surface area contributed by atoms with E-state index in [1.807, 2.05) is 0 Å². The van der Waals surface area contributed by atoms with Gasteiger partial charge in [0.05, 0.1) is 21.1 Å². The molecule has 0 atom stereocenters. The zero-order valence-corrected chi connectivity index (χ0v) is 15.7. The molecule has 0 rings (SSSR count). The van der Waals surface area contributed by atoms with E-state index < -0.39 is 5.97 Å². The fourth-order valence-corrected chi connectivity index (χ4v) is 2.11. The molecule has 0 aromatic heterocycles. The number of ether oxygens (including phenoxy) is 1. The van der Waals surface area contributed by atoms with Crippen LogP contribution in [-0.2, 0) is 14.3 Å². The second kappa shape index (κ2) is 14.8. The third kappa shape index (κ3) is 21.2. The highest BCUT2D eigenvalue weighted by molar-refractivity contribution is 5.69. The zero-order chi connectivity index (χ0) is 16.8. The standard InChI is InChI=1S/C17H33NO4.ClH/c1-18(2,3)14-15-22-17(21)13-11-9-7-5-4-6-8-10-12-16(19)20;/h4-15H2,1-3H3;1H. The molecule has 1 N–H and O–H groups in total. The van der Waals surface area contributed by atoms with Gasteiger partial charge in [-0.25, -0.2) is 0 Å². The summed E-state index contributed by atoms with van der Waals surface area (Å²) in [5, 5.41) is 8.51. The smallest absolute Gasteiger partial charge is 0.305 e. The number of carbonyl (C=O) groups is 2. The van der Waals surface area contributed by atoms with Crippen LogP contribution in [0.5, 0.6) is 0 Å². The number of aliphatic carboxylic acids is 1. The average Bonchev–Trinajstić information content (AvgIpc) is 2.39. The Bertz CT molecular complexity index is 316. The number of hydrogen-bond acceptors (Lipinski definition) is 3. The molecule has 0 radical (unpaired) electrons. The fourth-order valence-electron chi connectivity index (χ4n) is 2.11. The van der Waals surface area contributed by atoms with Crippen LogP contribution in [0.2, 0.25) is 0 Å². The van der Waals surface area contributed by atoms with Gasteiger partial charge >= 0.3 is 11.9 Å². The Balaban J connectivity index is 0. The van der Waals surface area contributed by atoms with E-state index in [2.05, 4.69) is 21.1 Å². The summed E-state index contributed by atoms with van der Waals surface area (Å²) in [6, 6.07) is 0. The molecule has 0 spiro atoms. The van der Waals surface area contributed by atoms with Gasteiger partial charge in [-0.3, -0.25) is 9.59 Å². The van der Waals surface area contributed by atoms with Gasteiger partial charge in [-0.15, -0.1) is 0 Å². The number of rotatable bonds is 14. The second-order valence-electron chi connectivity index (χ2n) is 6.96. The van der Waals surface area contributed by atoms with Gasteiger partial charge in [0.25, 0.3) is 0 Å². The van der Waals surface area contributed by atoms with Gasteiger partial charge in [-0.05, 0) is 12.8 Å². The number of carboxylic acid groups (broad SMARTS) is 1. The third-order valence-electron chi connectivity index (χ3n) is 3.55. The number of hydrogen-bond donors (Lipinski definition) is 1. The van der Waals surface area contributed by atoms with Crippen molar-refractivity contribution < 1.29 is 36.3 Å². The van der Waals surface area contributed by atoms with Crippen LogP contribution >= 0.6 is 0 Å². The lowest BCUT2D eigenvalue weighted by atomic mass is 10.1. The van der Waals surface area contributed by atoms with Crippen molar-refractivity contribution in [2.45, 2.75) is 64.2 Å². The van der Waals surface area contributed by atoms with Gasteiger partial charge in [0.15, 0.2) is 0 Å². The molecule has 0 saturated heterocycles. The van der Waals surface area contributed by atoms with E-state index in [4.69, 9.17) is 9.84 Å². The van der Waals surface area contributed by atoms with Crippen LogP contribution in [-0.4, -0.2) is 55.8 Å². The van der Waals surface area contributed by atoms with Crippen molar-refractivity contribution in [3.63, 3.8) is 0 Å². The molecule has 138 valence electrons. The predicted molar refractivity (Wildman–Crippen MR) is 87.7 cm³/mol. The highest BCUT2D eigenvalue weighted by Crippen LogP contribution is 2.11.